The van der Waals surface area contributed by atoms with E-state index in [0.29, 0.717) is 5.57 Å². The van der Waals surface area contributed by atoms with Crippen molar-refractivity contribution in [2.75, 3.05) is 12.1 Å². The van der Waals surface area contributed by atoms with Gasteiger partial charge in [-0.25, -0.2) is 0 Å². The predicted octanol–water partition coefficient (Wildman–Crippen LogP) is 2.57. The van der Waals surface area contributed by atoms with Gasteiger partial charge in [0.15, 0.2) is 11.5 Å². The molecule has 14 heteroatoms. The summed E-state index contributed by atoms with van der Waals surface area (Å²) in [6.45, 7) is 13.0. The second-order valence-corrected chi connectivity index (χ2v) is 14.2. The Morgan fingerprint density at radius 1 is 0.849 bits per heavy atom. The van der Waals surface area contributed by atoms with Crippen LogP contribution < -0.4 is 15.2 Å². The Kier molecular flexibility index (Phi) is 12.4. The van der Waals surface area contributed by atoms with Gasteiger partial charge in [0.1, 0.15) is 17.3 Å². The Bertz CT molecular complexity index is 1850. The number of allylic oxidation sites excluding steroid dienone is 5. The lowest BCUT2D eigenvalue weighted by atomic mass is 9.76. The van der Waals surface area contributed by atoms with Gasteiger partial charge in [0.05, 0.1) is 47.2 Å². The van der Waals surface area contributed by atoms with Crippen LogP contribution in [0.25, 0.3) is 5.57 Å². The number of benzene rings is 1. The van der Waals surface area contributed by atoms with Crippen LogP contribution >= 0.6 is 0 Å². The minimum absolute atomic E-state index is 0.0284. The van der Waals surface area contributed by atoms with Crippen LogP contribution in [-0.4, -0.2) is 80.4 Å². The number of phenols is 1. The molecular weight excluding hydrogens is 690 g/mol. The number of carboxylic acid groups (broad SMARTS) is 1. The van der Waals surface area contributed by atoms with Gasteiger partial charge in [0.25, 0.3) is 5.91 Å². The van der Waals surface area contributed by atoms with E-state index in [-0.39, 0.29) is 63.2 Å². The van der Waals surface area contributed by atoms with Crippen LogP contribution in [-0.2, 0) is 23.9 Å². The van der Waals surface area contributed by atoms with Crippen molar-refractivity contribution in [3.05, 3.63) is 69.2 Å². The number of aromatic hydroxyl groups is 1. The molecule has 1 aromatic carbocycles. The van der Waals surface area contributed by atoms with E-state index in [9.17, 15) is 49.8 Å². The summed E-state index contributed by atoms with van der Waals surface area (Å²) in [4.78, 5) is 52.2. The first-order valence-electron chi connectivity index (χ1n) is 17.3. The predicted molar refractivity (Wildman–Crippen MR) is 190 cm³/mol. The standard InChI is InChI=1S/C39H49NO13/c1-15-11-10-12-16(2)38(48)40-28-19(5)37(53-23(9)41)24-25(34(28)47)33(46)22(8)36-26(24)35(51-14-52-36)18(4)13-17(3)30(43)21(7)32(45)27(39(49)50)31(44)20(6)29(15)42/h10-13,15,17,20-21,27,29-32,42-45,47H,14H2,1-9H3,(H,40,48)(H,49,50)/p-1/b11-10-,16-12+,18-13+/t15-,17-,20-,21-,27-,29+,30-,31-,32-/m1/s1. The summed E-state index contributed by atoms with van der Waals surface area (Å²) in [6, 6.07) is 0. The highest BCUT2D eigenvalue weighted by molar-refractivity contribution is 6.21. The maximum atomic E-state index is 13.9. The summed E-state index contributed by atoms with van der Waals surface area (Å²) < 4.78 is 17.4. The molecule has 4 bridgehead atoms. The van der Waals surface area contributed by atoms with Crippen LogP contribution in [0.2, 0.25) is 0 Å². The summed E-state index contributed by atoms with van der Waals surface area (Å²) in [5.74, 6) is -9.99. The van der Waals surface area contributed by atoms with Gasteiger partial charge in [-0.1, -0.05) is 52.0 Å². The van der Waals surface area contributed by atoms with Crippen molar-refractivity contribution >= 4 is 34.9 Å². The Morgan fingerprint density at radius 3 is 1.98 bits per heavy atom. The summed E-state index contributed by atoms with van der Waals surface area (Å²) in [6.07, 6.45) is -0.283. The van der Waals surface area contributed by atoms with Crippen molar-refractivity contribution < 1.29 is 64.0 Å². The van der Waals surface area contributed by atoms with Gasteiger partial charge in [-0.3, -0.25) is 14.4 Å². The van der Waals surface area contributed by atoms with Gasteiger partial charge in [-0.15, -0.1) is 0 Å². The Balaban J connectivity index is 2.03. The van der Waals surface area contributed by atoms with Gasteiger partial charge in [0.2, 0.25) is 6.79 Å². The van der Waals surface area contributed by atoms with Crippen molar-refractivity contribution in [3.8, 4) is 11.5 Å². The number of Topliss-reactive ketones (excluding diaryl/α,β-unsaturated/α-hetero) is 1. The number of hydrogen-bond donors (Lipinski definition) is 6. The molecule has 3 aliphatic heterocycles. The topological polar surface area (TPSA) is 232 Å². The molecule has 0 saturated carbocycles. The van der Waals surface area contributed by atoms with Crippen molar-refractivity contribution in [1.29, 1.82) is 0 Å². The number of carbonyl (C=O) groups excluding carboxylic acids is 4. The smallest absolute Gasteiger partial charge is 0.308 e. The number of carbonyl (C=O) groups is 4. The molecule has 0 unspecified atom stereocenters. The van der Waals surface area contributed by atoms with Crippen molar-refractivity contribution in [2.45, 2.75) is 86.7 Å². The Morgan fingerprint density at radius 2 is 1.42 bits per heavy atom. The fraction of sp³-hybridized carbons (Fsp3) is 0.487. The molecule has 0 saturated heterocycles. The largest absolute Gasteiger partial charge is 0.550 e. The molecule has 0 aromatic heterocycles. The quantitative estimate of drug-likeness (QED) is 0.146. The molecular formula is C39H48NO13-. The molecule has 4 aliphatic rings. The molecule has 1 aromatic rings. The van der Waals surface area contributed by atoms with Gasteiger partial charge >= 0.3 is 5.97 Å². The van der Waals surface area contributed by atoms with E-state index in [0.717, 1.165) is 6.92 Å². The number of anilines is 1. The summed E-state index contributed by atoms with van der Waals surface area (Å²) in [5, 5.41) is 71.5. The Hall–Kier alpha value is -4.76. The zero-order valence-corrected chi connectivity index (χ0v) is 31.2. The van der Waals surface area contributed by atoms with E-state index in [1.807, 2.05) is 0 Å². The lowest BCUT2D eigenvalue weighted by molar-refractivity contribution is -0.320. The fourth-order valence-corrected chi connectivity index (χ4v) is 7.08. The average Bonchev–Trinajstić information content (AvgIpc) is 3.10. The number of nitrogens with one attached hydrogen (secondary N) is 1. The first-order chi connectivity index (χ1) is 24.7. The first-order valence-corrected chi connectivity index (χ1v) is 17.3. The van der Waals surface area contributed by atoms with Gasteiger partial charge in [-0.2, -0.15) is 0 Å². The molecule has 0 fully saturated rings. The number of rotatable bonds is 2. The molecule has 53 heavy (non-hydrogen) atoms. The van der Waals surface area contributed by atoms with Gasteiger partial charge < -0.3 is 55.0 Å². The molecule has 0 radical (unpaired) electrons. The number of esters is 1. The highest BCUT2D eigenvalue weighted by atomic mass is 16.7. The molecule has 1 aliphatic carbocycles. The monoisotopic (exact) mass is 738 g/mol. The summed E-state index contributed by atoms with van der Waals surface area (Å²) in [7, 11) is 0. The maximum absolute atomic E-state index is 13.9. The highest BCUT2D eigenvalue weighted by Gasteiger charge is 2.43. The summed E-state index contributed by atoms with van der Waals surface area (Å²) >= 11 is 0. The molecule has 0 spiro atoms. The number of ether oxygens (including phenoxy) is 3. The number of aliphatic hydroxyl groups excluding tert-OH is 4. The number of phenolic OH excluding ortho intramolecular Hbond substituents is 1. The minimum Gasteiger partial charge on any atom is -0.550 e. The minimum atomic E-state index is -1.89. The molecule has 3 heterocycles. The number of amides is 1. The normalized spacial score (nSPS) is 32.7. The highest BCUT2D eigenvalue weighted by Crippen LogP contribution is 2.53. The number of aliphatic hydroxyl groups is 4. The fourth-order valence-electron chi connectivity index (χ4n) is 7.08. The van der Waals surface area contributed by atoms with Crippen LogP contribution in [0, 0.1) is 36.5 Å². The van der Waals surface area contributed by atoms with Crippen molar-refractivity contribution in [1.82, 2.24) is 0 Å². The second kappa shape index (κ2) is 16.1. The van der Waals surface area contributed by atoms with E-state index in [1.165, 1.54) is 52.8 Å². The van der Waals surface area contributed by atoms with E-state index >= 15 is 0 Å². The van der Waals surface area contributed by atoms with Gasteiger partial charge in [0, 0.05) is 58.8 Å². The number of fused-ring (bicyclic) bond motifs is 14. The van der Waals surface area contributed by atoms with E-state index < -0.39 is 83.4 Å². The molecule has 6 N–H and O–H groups in total. The van der Waals surface area contributed by atoms with Crippen molar-refractivity contribution in [3.63, 3.8) is 0 Å². The van der Waals surface area contributed by atoms with E-state index in [2.05, 4.69) is 5.32 Å². The molecule has 9 atom stereocenters. The van der Waals surface area contributed by atoms with E-state index in [4.69, 9.17) is 14.2 Å². The molecule has 288 valence electrons. The van der Waals surface area contributed by atoms with Crippen LogP contribution in [0.15, 0.2) is 52.5 Å². The lowest BCUT2D eigenvalue weighted by Crippen LogP contribution is -2.53. The van der Waals surface area contributed by atoms with Crippen molar-refractivity contribution in [2.24, 2.45) is 29.6 Å². The van der Waals surface area contributed by atoms with Crippen LogP contribution in [0.3, 0.4) is 0 Å². The van der Waals surface area contributed by atoms with Crippen LogP contribution in [0.4, 0.5) is 5.69 Å². The third-order valence-electron chi connectivity index (χ3n) is 10.4. The zero-order valence-electron chi connectivity index (χ0n) is 31.2. The second-order valence-electron chi connectivity index (χ2n) is 14.2. The Labute approximate surface area is 307 Å². The molecule has 1 amide bonds. The van der Waals surface area contributed by atoms with Crippen LogP contribution in [0.1, 0.15) is 76.9 Å². The average molecular weight is 739 g/mol. The number of ketones is 1. The van der Waals surface area contributed by atoms with Crippen LogP contribution in [0.5, 0.6) is 11.5 Å². The third kappa shape index (κ3) is 7.81. The van der Waals surface area contributed by atoms with Gasteiger partial charge in [-0.05, 0) is 33.3 Å². The first kappa shape index (κ1) is 41.0. The number of carboxylic acids is 1. The summed E-state index contributed by atoms with van der Waals surface area (Å²) in [5.41, 5.74) is 0.364. The third-order valence-corrected chi connectivity index (χ3v) is 10.4. The molecule has 14 nitrogen and oxygen atoms in total. The number of aliphatic carboxylic acids is 1. The lowest BCUT2D eigenvalue weighted by Gasteiger charge is -2.38. The maximum Gasteiger partial charge on any atom is 0.308 e. The molecule has 5 rings (SSSR count). The number of hydrogen-bond acceptors (Lipinski definition) is 13. The SMILES string of the molecule is CC(=O)Oc1c(C)c2c(O)c3c1C1=C(OCOC1=C(C)C3=O)/C(C)=C/[C@@H](C)[C@@H](O)[C@@H](C)[C@@H](O)[C@H](C(=O)[O-])[C@H](O)[C@H](C)[C@@H](O)[C@H](C)/C=C\C=C(/C)C(=O)N2. The zero-order chi connectivity index (χ0) is 39.8. The van der Waals surface area contributed by atoms with E-state index in [1.54, 1.807) is 26.8 Å².